The summed E-state index contributed by atoms with van der Waals surface area (Å²) in [5.41, 5.74) is 1.81. The molecular weight excluding hydrogens is 326 g/mol. The third kappa shape index (κ3) is 5.70. The molecule has 0 bridgehead atoms. The molecule has 0 saturated heterocycles. The molecule has 2 aromatic rings. The summed E-state index contributed by atoms with van der Waals surface area (Å²) in [6, 6.07) is 18.6. The van der Waals surface area contributed by atoms with Gasteiger partial charge in [-0.3, -0.25) is 9.59 Å². The lowest BCUT2D eigenvalue weighted by atomic mass is 9.90. The lowest BCUT2D eigenvalue weighted by molar-refractivity contribution is -0.856. The van der Waals surface area contributed by atoms with Crippen LogP contribution >= 0.6 is 0 Å². The van der Waals surface area contributed by atoms with Gasteiger partial charge in [0.2, 0.25) is 11.8 Å². The Morgan fingerprint density at radius 2 is 1.38 bits per heavy atom. The molecule has 26 heavy (non-hydrogen) atoms. The maximum atomic E-state index is 12.9. The van der Waals surface area contributed by atoms with Crippen LogP contribution in [0.1, 0.15) is 24.0 Å². The van der Waals surface area contributed by atoms with Gasteiger partial charge in [-0.1, -0.05) is 60.7 Å². The molecule has 5 heteroatoms. The average molecular weight is 354 g/mol. The highest BCUT2D eigenvalue weighted by Crippen LogP contribution is 2.24. The quantitative estimate of drug-likeness (QED) is 0.650. The van der Waals surface area contributed by atoms with Crippen LogP contribution in [0, 0.1) is 0 Å². The Labute approximate surface area is 155 Å². The first-order valence-electron chi connectivity index (χ1n) is 8.96. The van der Waals surface area contributed by atoms with E-state index in [4.69, 9.17) is 0 Å². The number of likely N-dealkylation sites (N-methyl/N-ethyl adjacent to an activating group) is 1. The molecule has 0 spiro atoms. The van der Waals surface area contributed by atoms with E-state index in [0.717, 1.165) is 17.7 Å². The Morgan fingerprint density at radius 1 is 0.885 bits per heavy atom. The van der Waals surface area contributed by atoms with Crippen LogP contribution in [-0.2, 0) is 9.59 Å². The molecule has 0 saturated carbocycles. The van der Waals surface area contributed by atoms with Crippen LogP contribution in [0.2, 0.25) is 0 Å². The number of nitrogens with one attached hydrogen (secondary N) is 3. The number of amides is 2. The first-order valence-corrected chi connectivity index (χ1v) is 8.96. The fourth-order valence-electron chi connectivity index (χ4n) is 2.74. The summed E-state index contributed by atoms with van der Waals surface area (Å²) < 4.78 is 0. The Kier molecular flexibility index (Phi) is 7.36. The summed E-state index contributed by atoms with van der Waals surface area (Å²) in [6.45, 7) is 3.13. The van der Waals surface area contributed by atoms with Crippen molar-refractivity contribution < 1.29 is 14.5 Å². The predicted octanol–water partition coefficient (Wildman–Crippen LogP) is 0.584. The number of carbonyl (C=O) groups is 2. The van der Waals surface area contributed by atoms with Crippen LogP contribution in [0.15, 0.2) is 60.7 Å². The number of carbonyl (C=O) groups excluding carboxylic acids is 2. The Hall–Kier alpha value is -2.66. The van der Waals surface area contributed by atoms with E-state index in [-0.39, 0.29) is 11.8 Å². The Bertz CT molecular complexity index is 662. The van der Waals surface area contributed by atoms with Crippen molar-refractivity contribution in [2.75, 3.05) is 27.2 Å². The fourth-order valence-corrected chi connectivity index (χ4v) is 2.74. The van der Waals surface area contributed by atoms with E-state index in [1.54, 1.807) is 6.92 Å². The van der Waals surface area contributed by atoms with Crippen molar-refractivity contribution >= 4 is 11.8 Å². The maximum absolute atomic E-state index is 12.9. The van der Waals surface area contributed by atoms with Gasteiger partial charge in [0.25, 0.3) is 0 Å². The summed E-state index contributed by atoms with van der Waals surface area (Å²) in [4.78, 5) is 26.4. The Balaban J connectivity index is 2.08. The van der Waals surface area contributed by atoms with Crippen LogP contribution in [0.5, 0.6) is 0 Å². The second kappa shape index (κ2) is 9.73. The number of rotatable bonds is 8. The summed E-state index contributed by atoms with van der Waals surface area (Å²) in [5, 5.41) is 5.72. The largest absolute Gasteiger partial charge is 0.349 e. The molecule has 0 aliphatic rings. The van der Waals surface area contributed by atoms with Gasteiger partial charge in [0.15, 0.2) is 0 Å². The van der Waals surface area contributed by atoms with Crippen LogP contribution in [-0.4, -0.2) is 45.0 Å². The third-order valence-electron chi connectivity index (χ3n) is 4.20. The van der Waals surface area contributed by atoms with Gasteiger partial charge in [-0.25, -0.2) is 0 Å². The second-order valence-corrected chi connectivity index (χ2v) is 6.73. The second-order valence-electron chi connectivity index (χ2n) is 6.73. The first-order chi connectivity index (χ1) is 12.5. The van der Waals surface area contributed by atoms with Gasteiger partial charge in [0, 0.05) is 0 Å². The smallest absolute Gasteiger partial charge is 0.242 e. The number of quaternary nitrogens is 1. The molecule has 0 unspecified atom stereocenters. The first kappa shape index (κ1) is 19.7. The molecule has 2 aromatic carbocycles. The van der Waals surface area contributed by atoms with Gasteiger partial charge >= 0.3 is 0 Å². The van der Waals surface area contributed by atoms with Crippen LogP contribution < -0.4 is 15.5 Å². The predicted molar refractivity (Wildman–Crippen MR) is 103 cm³/mol. The van der Waals surface area contributed by atoms with Gasteiger partial charge < -0.3 is 15.5 Å². The molecule has 0 radical (unpaired) electrons. The molecule has 0 fully saturated rings. The Morgan fingerprint density at radius 3 is 1.85 bits per heavy atom. The van der Waals surface area contributed by atoms with E-state index in [2.05, 4.69) is 10.6 Å². The minimum Gasteiger partial charge on any atom is -0.349 e. The van der Waals surface area contributed by atoms with Crippen molar-refractivity contribution in [3.8, 4) is 0 Å². The highest BCUT2D eigenvalue weighted by molar-refractivity contribution is 5.92. The fraction of sp³-hybridized carbons (Fsp3) is 0.333. The lowest BCUT2D eigenvalue weighted by Crippen LogP contribution is -3.06. The van der Waals surface area contributed by atoms with E-state index >= 15 is 0 Å². The highest BCUT2D eigenvalue weighted by atomic mass is 16.2. The van der Waals surface area contributed by atoms with E-state index < -0.39 is 12.0 Å². The van der Waals surface area contributed by atoms with Crippen molar-refractivity contribution in [3.05, 3.63) is 71.8 Å². The van der Waals surface area contributed by atoms with Gasteiger partial charge in [-0.15, -0.1) is 0 Å². The normalized spacial score (nSPS) is 12.0. The standard InChI is InChI=1S/C21H27N3O2/c1-16(20(25)22-14-15-24(2)3)23-21(26)19(17-10-6-4-7-11-17)18-12-8-5-9-13-18/h4-13,16,19H,14-15H2,1-3H3,(H,22,25)(H,23,26)/p+1/t16-/m1/s1. The summed E-state index contributed by atoms with van der Waals surface area (Å²) in [7, 11) is 4.06. The molecule has 2 rings (SSSR count). The van der Waals surface area contributed by atoms with Gasteiger partial charge in [0.05, 0.1) is 33.1 Å². The molecule has 0 heterocycles. The summed E-state index contributed by atoms with van der Waals surface area (Å²) in [5.74, 6) is -0.790. The van der Waals surface area contributed by atoms with Crippen molar-refractivity contribution in [3.63, 3.8) is 0 Å². The van der Waals surface area contributed by atoms with Crippen molar-refractivity contribution in [1.29, 1.82) is 0 Å². The number of hydrogen-bond acceptors (Lipinski definition) is 2. The molecule has 0 aliphatic heterocycles. The number of hydrogen-bond donors (Lipinski definition) is 3. The third-order valence-corrected chi connectivity index (χ3v) is 4.20. The molecule has 3 N–H and O–H groups in total. The zero-order chi connectivity index (χ0) is 18.9. The molecular formula is C21H28N3O2+. The van der Waals surface area contributed by atoms with Crippen molar-refractivity contribution in [2.45, 2.75) is 18.9 Å². The average Bonchev–Trinajstić information content (AvgIpc) is 2.63. The zero-order valence-corrected chi connectivity index (χ0v) is 15.7. The monoisotopic (exact) mass is 354 g/mol. The molecule has 0 aromatic heterocycles. The van der Waals surface area contributed by atoms with Crippen LogP contribution in [0.3, 0.4) is 0 Å². The molecule has 2 amide bonds. The SMILES string of the molecule is C[C@@H](NC(=O)C(c1ccccc1)c1ccccc1)C(=O)NCC[NH+](C)C. The van der Waals surface area contributed by atoms with Gasteiger partial charge in [0.1, 0.15) is 6.04 Å². The molecule has 5 nitrogen and oxygen atoms in total. The van der Waals surface area contributed by atoms with E-state index in [0.29, 0.717) is 6.54 Å². The molecule has 138 valence electrons. The minimum atomic E-state index is -0.588. The topological polar surface area (TPSA) is 62.6 Å². The van der Waals surface area contributed by atoms with E-state index in [1.807, 2.05) is 74.8 Å². The van der Waals surface area contributed by atoms with Crippen molar-refractivity contribution in [2.24, 2.45) is 0 Å². The van der Waals surface area contributed by atoms with E-state index in [1.165, 1.54) is 4.90 Å². The number of benzene rings is 2. The lowest BCUT2D eigenvalue weighted by Gasteiger charge is -2.21. The molecule has 1 atom stereocenters. The van der Waals surface area contributed by atoms with Gasteiger partial charge in [-0.05, 0) is 18.1 Å². The van der Waals surface area contributed by atoms with Gasteiger partial charge in [-0.2, -0.15) is 0 Å². The maximum Gasteiger partial charge on any atom is 0.242 e. The van der Waals surface area contributed by atoms with E-state index in [9.17, 15) is 9.59 Å². The van der Waals surface area contributed by atoms with Crippen LogP contribution in [0.4, 0.5) is 0 Å². The van der Waals surface area contributed by atoms with Crippen LogP contribution in [0.25, 0.3) is 0 Å². The summed E-state index contributed by atoms with van der Waals surface area (Å²) >= 11 is 0. The zero-order valence-electron chi connectivity index (χ0n) is 15.7. The summed E-state index contributed by atoms with van der Waals surface area (Å²) in [6.07, 6.45) is 0. The van der Waals surface area contributed by atoms with Crippen molar-refractivity contribution in [1.82, 2.24) is 10.6 Å². The highest BCUT2D eigenvalue weighted by Gasteiger charge is 2.25. The minimum absolute atomic E-state index is 0.167. The molecule has 0 aliphatic carbocycles.